The Balaban J connectivity index is 1.68. The van der Waals surface area contributed by atoms with E-state index in [9.17, 15) is 9.90 Å². The van der Waals surface area contributed by atoms with Crippen molar-refractivity contribution in [3.05, 3.63) is 48.3 Å². The molecule has 6 heteroatoms. The molecule has 0 aliphatic carbocycles. The maximum atomic E-state index is 11.6. The molecule has 1 aromatic carbocycles. The minimum atomic E-state index is -0.348. The minimum Gasteiger partial charge on any atom is -0.393 e. The van der Waals surface area contributed by atoms with Gasteiger partial charge in [-0.15, -0.1) is 0 Å². The molecule has 3 N–H and O–H groups in total. The Morgan fingerprint density at radius 2 is 2.00 bits per heavy atom. The van der Waals surface area contributed by atoms with Crippen LogP contribution in [0.15, 0.2) is 42.7 Å². The SMILES string of the molecule is CCC(O)CCNC(=O)NCCc1cnn(-c2ccccc2)c1. The molecule has 1 heterocycles. The second-order valence-corrected chi connectivity index (χ2v) is 5.41. The zero-order valence-electron chi connectivity index (χ0n) is 13.4. The Hall–Kier alpha value is -2.34. The number of benzene rings is 1. The summed E-state index contributed by atoms with van der Waals surface area (Å²) in [6.07, 6.45) is 5.43. The molecule has 1 unspecified atom stereocenters. The molecule has 0 fully saturated rings. The first-order valence-corrected chi connectivity index (χ1v) is 7.97. The van der Waals surface area contributed by atoms with Crippen molar-refractivity contribution in [2.45, 2.75) is 32.3 Å². The first kappa shape index (κ1) is 17.0. The van der Waals surface area contributed by atoms with Crippen LogP contribution in [0.25, 0.3) is 5.69 Å². The molecule has 0 saturated heterocycles. The molecular weight excluding hydrogens is 292 g/mol. The van der Waals surface area contributed by atoms with Crippen LogP contribution in [0.5, 0.6) is 0 Å². The first-order chi connectivity index (χ1) is 11.2. The van der Waals surface area contributed by atoms with Crippen LogP contribution < -0.4 is 10.6 Å². The second kappa shape index (κ2) is 8.95. The molecule has 0 aliphatic rings. The molecule has 2 aromatic rings. The summed E-state index contributed by atoms with van der Waals surface area (Å²) in [5.74, 6) is 0. The highest BCUT2D eigenvalue weighted by Gasteiger charge is 2.04. The number of nitrogens with zero attached hydrogens (tertiary/aromatic N) is 2. The molecular formula is C17H24N4O2. The lowest BCUT2D eigenvalue weighted by atomic mass is 10.2. The van der Waals surface area contributed by atoms with E-state index in [0.717, 1.165) is 17.7 Å². The van der Waals surface area contributed by atoms with Crippen molar-refractivity contribution in [2.75, 3.05) is 13.1 Å². The number of carbonyl (C=O) groups is 1. The molecule has 0 radical (unpaired) electrons. The van der Waals surface area contributed by atoms with Crippen molar-refractivity contribution in [3.63, 3.8) is 0 Å². The largest absolute Gasteiger partial charge is 0.393 e. The molecule has 0 spiro atoms. The van der Waals surface area contributed by atoms with Gasteiger partial charge >= 0.3 is 6.03 Å². The van der Waals surface area contributed by atoms with Gasteiger partial charge in [0.05, 0.1) is 18.0 Å². The zero-order valence-corrected chi connectivity index (χ0v) is 13.4. The number of aliphatic hydroxyl groups excluding tert-OH is 1. The van der Waals surface area contributed by atoms with E-state index in [0.29, 0.717) is 25.9 Å². The van der Waals surface area contributed by atoms with E-state index in [2.05, 4.69) is 15.7 Å². The lowest BCUT2D eigenvalue weighted by Crippen LogP contribution is -2.37. The second-order valence-electron chi connectivity index (χ2n) is 5.41. The summed E-state index contributed by atoms with van der Waals surface area (Å²) in [7, 11) is 0. The van der Waals surface area contributed by atoms with E-state index in [-0.39, 0.29) is 12.1 Å². The van der Waals surface area contributed by atoms with Gasteiger partial charge in [0.15, 0.2) is 0 Å². The normalized spacial score (nSPS) is 11.9. The number of nitrogens with one attached hydrogen (secondary N) is 2. The van der Waals surface area contributed by atoms with E-state index in [1.165, 1.54) is 0 Å². The van der Waals surface area contributed by atoms with E-state index >= 15 is 0 Å². The first-order valence-electron chi connectivity index (χ1n) is 7.97. The van der Waals surface area contributed by atoms with Crippen LogP contribution in [0.2, 0.25) is 0 Å². The minimum absolute atomic E-state index is 0.205. The Morgan fingerprint density at radius 1 is 1.26 bits per heavy atom. The van der Waals surface area contributed by atoms with E-state index < -0.39 is 0 Å². The van der Waals surface area contributed by atoms with Crippen molar-refractivity contribution in [1.82, 2.24) is 20.4 Å². The van der Waals surface area contributed by atoms with Crippen molar-refractivity contribution in [3.8, 4) is 5.69 Å². The van der Waals surface area contributed by atoms with Gasteiger partial charge in [0.1, 0.15) is 0 Å². The number of rotatable bonds is 8. The lowest BCUT2D eigenvalue weighted by molar-refractivity contribution is 0.160. The van der Waals surface area contributed by atoms with Gasteiger partial charge in [0.2, 0.25) is 0 Å². The van der Waals surface area contributed by atoms with E-state index in [1.54, 1.807) is 0 Å². The number of hydrogen-bond donors (Lipinski definition) is 3. The number of amides is 2. The topological polar surface area (TPSA) is 79.2 Å². The molecule has 2 amide bonds. The number of urea groups is 1. The van der Waals surface area contributed by atoms with Crippen LogP contribution >= 0.6 is 0 Å². The van der Waals surface area contributed by atoms with Crippen LogP contribution in [0.3, 0.4) is 0 Å². The number of carbonyl (C=O) groups excluding carboxylic acids is 1. The van der Waals surface area contributed by atoms with Gasteiger partial charge in [0.25, 0.3) is 0 Å². The smallest absolute Gasteiger partial charge is 0.314 e. The Labute approximate surface area is 136 Å². The predicted molar refractivity (Wildman–Crippen MR) is 89.6 cm³/mol. The fraction of sp³-hybridized carbons (Fsp3) is 0.412. The van der Waals surface area contributed by atoms with Crippen molar-refractivity contribution < 1.29 is 9.90 Å². The lowest BCUT2D eigenvalue weighted by Gasteiger charge is -2.09. The summed E-state index contributed by atoms with van der Waals surface area (Å²) in [5, 5.41) is 19.3. The summed E-state index contributed by atoms with van der Waals surface area (Å²) in [6.45, 7) is 2.94. The van der Waals surface area contributed by atoms with Crippen LogP contribution in [0.4, 0.5) is 4.79 Å². The average Bonchev–Trinajstić information content (AvgIpc) is 3.04. The quantitative estimate of drug-likeness (QED) is 0.695. The van der Waals surface area contributed by atoms with E-state index in [4.69, 9.17) is 0 Å². The summed E-state index contributed by atoms with van der Waals surface area (Å²) >= 11 is 0. The standard InChI is InChI=1S/C17H24N4O2/c1-2-16(22)9-11-19-17(23)18-10-8-14-12-20-21(13-14)15-6-4-3-5-7-15/h3-7,12-13,16,22H,2,8-11H2,1H3,(H2,18,19,23). The molecule has 0 bridgehead atoms. The van der Waals surface area contributed by atoms with Gasteiger partial charge in [-0.05, 0) is 37.0 Å². The molecule has 0 saturated carbocycles. The Bertz CT molecular complexity index is 598. The summed E-state index contributed by atoms with van der Waals surface area (Å²) in [6, 6.07) is 9.69. The predicted octanol–water partition coefficient (Wildman–Crippen LogP) is 1.87. The van der Waals surface area contributed by atoms with Crippen LogP contribution in [0, 0.1) is 0 Å². The van der Waals surface area contributed by atoms with Gasteiger partial charge in [0, 0.05) is 19.3 Å². The van der Waals surface area contributed by atoms with Gasteiger partial charge in [-0.3, -0.25) is 0 Å². The highest BCUT2D eigenvalue weighted by molar-refractivity contribution is 5.73. The molecule has 124 valence electrons. The molecule has 6 nitrogen and oxygen atoms in total. The monoisotopic (exact) mass is 316 g/mol. The number of aromatic nitrogens is 2. The fourth-order valence-electron chi connectivity index (χ4n) is 2.15. The van der Waals surface area contributed by atoms with Crippen molar-refractivity contribution in [1.29, 1.82) is 0 Å². The van der Waals surface area contributed by atoms with Crippen LogP contribution in [-0.2, 0) is 6.42 Å². The van der Waals surface area contributed by atoms with Gasteiger partial charge in [-0.2, -0.15) is 5.10 Å². The zero-order chi connectivity index (χ0) is 16.5. The highest BCUT2D eigenvalue weighted by Crippen LogP contribution is 2.07. The third kappa shape index (κ3) is 5.75. The van der Waals surface area contributed by atoms with Crippen molar-refractivity contribution in [2.24, 2.45) is 0 Å². The van der Waals surface area contributed by atoms with Crippen LogP contribution in [-0.4, -0.2) is 40.1 Å². The maximum absolute atomic E-state index is 11.6. The number of hydrogen-bond acceptors (Lipinski definition) is 3. The Kier molecular flexibility index (Phi) is 6.62. The average molecular weight is 316 g/mol. The molecule has 2 rings (SSSR count). The van der Waals surface area contributed by atoms with Crippen LogP contribution in [0.1, 0.15) is 25.3 Å². The highest BCUT2D eigenvalue weighted by atomic mass is 16.3. The third-order valence-electron chi connectivity index (χ3n) is 3.59. The van der Waals surface area contributed by atoms with E-state index in [1.807, 2.05) is 54.3 Å². The van der Waals surface area contributed by atoms with Gasteiger partial charge in [-0.1, -0.05) is 25.1 Å². The summed E-state index contributed by atoms with van der Waals surface area (Å²) in [4.78, 5) is 11.6. The molecule has 1 aromatic heterocycles. The summed E-state index contributed by atoms with van der Waals surface area (Å²) < 4.78 is 1.82. The van der Waals surface area contributed by atoms with Crippen molar-refractivity contribution >= 4 is 6.03 Å². The summed E-state index contributed by atoms with van der Waals surface area (Å²) in [5.41, 5.74) is 2.08. The third-order valence-corrected chi connectivity index (χ3v) is 3.59. The van der Waals surface area contributed by atoms with Gasteiger partial charge in [-0.25, -0.2) is 9.48 Å². The number of para-hydroxylation sites is 1. The van der Waals surface area contributed by atoms with Gasteiger partial charge < -0.3 is 15.7 Å². The Morgan fingerprint density at radius 3 is 2.74 bits per heavy atom. The molecule has 1 atom stereocenters. The molecule has 23 heavy (non-hydrogen) atoms. The molecule has 0 aliphatic heterocycles. The maximum Gasteiger partial charge on any atom is 0.314 e. The fourth-order valence-corrected chi connectivity index (χ4v) is 2.15. The number of aliphatic hydroxyl groups is 1.